The van der Waals surface area contributed by atoms with Crippen molar-refractivity contribution < 1.29 is 4.74 Å². The zero-order valence-corrected chi connectivity index (χ0v) is 12.5. The van der Waals surface area contributed by atoms with Gasteiger partial charge in [0.1, 0.15) is 12.0 Å². The second-order valence-corrected chi connectivity index (χ2v) is 5.77. The molecule has 0 saturated heterocycles. The predicted octanol–water partition coefficient (Wildman–Crippen LogP) is 2.64. The van der Waals surface area contributed by atoms with Crippen molar-refractivity contribution in [3.8, 4) is 5.88 Å². The van der Waals surface area contributed by atoms with Gasteiger partial charge in [-0.05, 0) is 37.3 Å². The van der Waals surface area contributed by atoms with Crippen LogP contribution >= 0.6 is 11.3 Å². The molecule has 0 bridgehead atoms. The van der Waals surface area contributed by atoms with Crippen molar-refractivity contribution in [2.45, 2.75) is 26.3 Å². The summed E-state index contributed by atoms with van der Waals surface area (Å²) in [7, 11) is 0. The average Bonchev–Trinajstić information content (AvgIpc) is 2.92. The van der Waals surface area contributed by atoms with Gasteiger partial charge in [-0.1, -0.05) is 0 Å². The molecule has 2 aromatic rings. The van der Waals surface area contributed by atoms with Crippen molar-refractivity contribution in [1.82, 2.24) is 9.97 Å². The van der Waals surface area contributed by atoms with E-state index in [4.69, 9.17) is 10.5 Å². The fourth-order valence-corrected chi connectivity index (χ4v) is 3.61. The average molecular weight is 290 g/mol. The van der Waals surface area contributed by atoms with Gasteiger partial charge in [0.25, 0.3) is 0 Å². The predicted molar refractivity (Wildman–Crippen MR) is 81.4 cm³/mol. The molecule has 0 spiro atoms. The number of anilines is 2. The monoisotopic (exact) mass is 290 g/mol. The van der Waals surface area contributed by atoms with Crippen LogP contribution in [-0.2, 0) is 6.42 Å². The van der Waals surface area contributed by atoms with Gasteiger partial charge < -0.3 is 15.4 Å². The summed E-state index contributed by atoms with van der Waals surface area (Å²) in [5.74, 6) is 1.24. The molecule has 1 atom stereocenters. The highest BCUT2D eigenvalue weighted by atomic mass is 32.1. The lowest BCUT2D eigenvalue weighted by Crippen LogP contribution is -2.34. The molecule has 3 rings (SSSR count). The third-order valence-electron chi connectivity index (χ3n) is 3.66. The Morgan fingerprint density at radius 1 is 1.50 bits per heavy atom. The Balaban J connectivity index is 1.96. The standard InChI is InChI=1S/C14H18N4OS/c1-3-19-14-12(15)13(16-8-17-14)18-6-4-11-10(9(18)2)5-7-20-11/h5,7-9H,3-4,6,15H2,1-2H3. The molecule has 1 aliphatic heterocycles. The number of ether oxygens (including phenoxy) is 1. The lowest BCUT2D eigenvalue weighted by Gasteiger charge is -2.35. The zero-order chi connectivity index (χ0) is 14.1. The number of nitrogens with zero attached hydrogens (tertiary/aromatic N) is 3. The molecule has 0 aromatic carbocycles. The molecule has 0 amide bonds. The van der Waals surface area contributed by atoms with Crippen molar-refractivity contribution >= 4 is 22.8 Å². The van der Waals surface area contributed by atoms with Crippen LogP contribution < -0.4 is 15.4 Å². The molecule has 0 aliphatic carbocycles. The van der Waals surface area contributed by atoms with Crippen LogP contribution in [0.25, 0.3) is 0 Å². The maximum atomic E-state index is 6.17. The summed E-state index contributed by atoms with van der Waals surface area (Å²) in [5, 5.41) is 2.15. The molecule has 0 saturated carbocycles. The van der Waals surface area contributed by atoms with Crippen LogP contribution in [0.15, 0.2) is 17.8 Å². The van der Waals surface area contributed by atoms with E-state index in [9.17, 15) is 0 Å². The van der Waals surface area contributed by atoms with Crippen molar-refractivity contribution in [2.75, 3.05) is 23.8 Å². The summed E-state index contributed by atoms with van der Waals surface area (Å²) in [4.78, 5) is 12.2. The molecule has 0 fully saturated rings. The molecule has 0 radical (unpaired) electrons. The van der Waals surface area contributed by atoms with Crippen LogP contribution in [0.3, 0.4) is 0 Å². The van der Waals surface area contributed by atoms with E-state index in [1.54, 1.807) is 0 Å². The number of fused-ring (bicyclic) bond motifs is 1. The van der Waals surface area contributed by atoms with E-state index >= 15 is 0 Å². The fourth-order valence-electron chi connectivity index (χ4n) is 2.65. The van der Waals surface area contributed by atoms with Crippen molar-refractivity contribution in [3.63, 3.8) is 0 Å². The van der Waals surface area contributed by atoms with Gasteiger partial charge in [-0.15, -0.1) is 11.3 Å². The maximum absolute atomic E-state index is 6.17. The van der Waals surface area contributed by atoms with Crippen LogP contribution in [0.5, 0.6) is 5.88 Å². The molecule has 5 nitrogen and oxygen atoms in total. The third-order valence-corrected chi connectivity index (χ3v) is 4.65. The quantitative estimate of drug-likeness (QED) is 0.941. The van der Waals surface area contributed by atoms with E-state index in [0.29, 0.717) is 18.2 Å². The highest BCUT2D eigenvalue weighted by Gasteiger charge is 2.28. The summed E-state index contributed by atoms with van der Waals surface area (Å²) >= 11 is 1.83. The van der Waals surface area contributed by atoms with Crippen LogP contribution in [0.1, 0.15) is 30.3 Å². The number of nitrogen functional groups attached to an aromatic ring is 1. The van der Waals surface area contributed by atoms with Gasteiger partial charge in [0.2, 0.25) is 5.88 Å². The first-order valence-electron chi connectivity index (χ1n) is 6.78. The Morgan fingerprint density at radius 2 is 2.35 bits per heavy atom. The fraction of sp³-hybridized carbons (Fsp3) is 0.429. The number of rotatable bonds is 3. The van der Waals surface area contributed by atoms with Crippen molar-refractivity contribution in [2.24, 2.45) is 0 Å². The molecule has 2 N–H and O–H groups in total. The molecule has 1 aliphatic rings. The summed E-state index contributed by atoms with van der Waals surface area (Å²) in [6.07, 6.45) is 2.55. The summed E-state index contributed by atoms with van der Waals surface area (Å²) < 4.78 is 5.46. The number of nitrogens with two attached hydrogens (primary N) is 1. The van der Waals surface area contributed by atoms with E-state index in [2.05, 4.69) is 33.2 Å². The van der Waals surface area contributed by atoms with Gasteiger partial charge >= 0.3 is 0 Å². The number of hydrogen-bond donors (Lipinski definition) is 1. The smallest absolute Gasteiger partial charge is 0.242 e. The molecular weight excluding hydrogens is 272 g/mol. The minimum Gasteiger partial charge on any atom is -0.476 e. The highest BCUT2D eigenvalue weighted by molar-refractivity contribution is 7.10. The molecule has 6 heteroatoms. The van der Waals surface area contributed by atoms with Gasteiger partial charge in [-0.3, -0.25) is 0 Å². The van der Waals surface area contributed by atoms with Crippen LogP contribution in [0.2, 0.25) is 0 Å². The van der Waals surface area contributed by atoms with Crippen LogP contribution in [0, 0.1) is 0 Å². The van der Waals surface area contributed by atoms with Crippen molar-refractivity contribution in [3.05, 3.63) is 28.2 Å². The van der Waals surface area contributed by atoms with E-state index in [0.717, 1.165) is 18.8 Å². The topological polar surface area (TPSA) is 64.3 Å². The lowest BCUT2D eigenvalue weighted by molar-refractivity contribution is 0.328. The third kappa shape index (κ3) is 2.10. The molecule has 106 valence electrons. The van der Waals surface area contributed by atoms with Gasteiger partial charge in [-0.2, -0.15) is 4.98 Å². The Labute approximate surface area is 122 Å². The first kappa shape index (κ1) is 13.2. The molecule has 3 heterocycles. The molecule has 2 aromatic heterocycles. The molecule has 20 heavy (non-hydrogen) atoms. The van der Waals surface area contributed by atoms with E-state index in [-0.39, 0.29) is 6.04 Å². The number of hydrogen-bond acceptors (Lipinski definition) is 6. The second-order valence-electron chi connectivity index (χ2n) is 4.77. The SMILES string of the molecule is CCOc1ncnc(N2CCc3sccc3C2C)c1N. The van der Waals surface area contributed by atoms with Gasteiger partial charge in [0.05, 0.1) is 12.6 Å². The minimum atomic E-state index is 0.275. The van der Waals surface area contributed by atoms with Crippen LogP contribution in [-0.4, -0.2) is 23.1 Å². The minimum absolute atomic E-state index is 0.275. The van der Waals surface area contributed by atoms with E-state index in [1.807, 2.05) is 18.3 Å². The summed E-state index contributed by atoms with van der Waals surface area (Å²) in [5.41, 5.74) is 8.07. The Bertz CT molecular complexity index is 613. The number of thiophene rings is 1. The van der Waals surface area contributed by atoms with Gasteiger partial charge in [0, 0.05) is 11.4 Å². The maximum Gasteiger partial charge on any atom is 0.242 e. The summed E-state index contributed by atoms with van der Waals surface area (Å²) in [6.45, 7) is 5.57. The van der Waals surface area contributed by atoms with Gasteiger partial charge in [-0.25, -0.2) is 4.98 Å². The van der Waals surface area contributed by atoms with E-state index in [1.165, 1.54) is 16.8 Å². The lowest BCUT2D eigenvalue weighted by atomic mass is 10.0. The largest absolute Gasteiger partial charge is 0.476 e. The second kappa shape index (κ2) is 5.28. The zero-order valence-electron chi connectivity index (χ0n) is 11.7. The Hall–Kier alpha value is -1.82. The van der Waals surface area contributed by atoms with E-state index < -0.39 is 0 Å². The molecule has 1 unspecified atom stereocenters. The van der Waals surface area contributed by atoms with Gasteiger partial charge in [0.15, 0.2) is 5.82 Å². The first-order valence-corrected chi connectivity index (χ1v) is 7.66. The highest BCUT2D eigenvalue weighted by Crippen LogP contribution is 2.38. The van der Waals surface area contributed by atoms with Crippen LogP contribution in [0.4, 0.5) is 11.5 Å². The Morgan fingerprint density at radius 3 is 3.15 bits per heavy atom. The van der Waals surface area contributed by atoms with Crippen molar-refractivity contribution in [1.29, 1.82) is 0 Å². The summed E-state index contributed by atoms with van der Waals surface area (Å²) in [6, 6.07) is 2.47. The number of aromatic nitrogens is 2. The normalized spacial score (nSPS) is 17.9. The molecular formula is C14H18N4OS. The Kier molecular flexibility index (Phi) is 3.48. The first-order chi connectivity index (χ1) is 9.72.